The molecule has 0 fully saturated rings. The Morgan fingerprint density at radius 2 is 1.82 bits per heavy atom. The van der Waals surface area contributed by atoms with Crippen LogP contribution in [0, 0.1) is 26.6 Å². The second kappa shape index (κ2) is 10.2. The maximum atomic E-state index is 14.1. The number of thiocarbonyl (C=S) groups is 1. The summed E-state index contributed by atoms with van der Waals surface area (Å²) in [6.07, 6.45) is 1.74. The molecule has 4 rings (SSSR count). The van der Waals surface area contributed by atoms with Crippen molar-refractivity contribution in [2.24, 2.45) is 0 Å². The Kier molecular flexibility index (Phi) is 7.35. The number of rotatable bonds is 6. The third-order valence-corrected chi connectivity index (χ3v) is 6.67. The van der Waals surface area contributed by atoms with E-state index in [-0.39, 0.29) is 12.4 Å². The lowest BCUT2D eigenvalue weighted by Gasteiger charge is -2.11. The van der Waals surface area contributed by atoms with E-state index in [1.54, 1.807) is 23.0 Å². The van der Waals surface area contributed by atoms with Crippen LogP contribution in [0.25, 0.3) is 0 Å². The SMILES string of the molecule is Cc1ccccc1Cn1nc(C)c(NC(=S)Nc2nn(Cc3c(F)cccc3Cl)cc2Br)c1C. The van der Waals surface area contributed by atoms with Crippen LogP contribution in [0.2, 0.25) is 5.02 Å². The van der Waals surface area contributed by atoms with Crippen LogP contribution < -0.4 is 10.6 Å². The van der Waals surface area contributed by atoms with Gasteiger partial charge in [0.15, 0.2) is 10.9 Å². The van der Waals surface area contributed by atoms with Crippen molar-refractivity contribution in [1.82, 2.24) is 19.6 Å². The summed E-state index contributed by atoms with van der Waals surface area (Å²) in [6.45, 7) is 6.91. The number of hydrogen-bond donors (Lipinski definition) is 2. The van der Waals surface area contributed by atoms with Gasteiger partial charge in [0.1, 0.15) is 5.82 Å². The van der Waals surface area contributed by atoms with E-state index >= 15 is 0 Å². The molecule has 6 nitrogen and oxygen atoms in total. The van der Waals surface area contributed by atoms with Crippen LogP contribution in [0.5, 0.6) is 0 Å². The Hall–Kier alpha value is -2.75. The highest BCUT2D eigenvalue weighted by molar-refractivity contribution is 9.10. The standard InChI is InChI=1S/C24H23BrClFN6S/c1-14-7-4-5-8-17(14)11-33-16(3)22(15(2)30-33)28-24(34)29-23-19(25)13-32(31-23)12-18-20(26)9-6-10-21(18)27/h4-10,13H,11-12H2,1-3H3,(H2,28,29,31,34). The average molecular weight is 562 g/mol. The Morgan fingerprint density at radius 3 is 2.56 bits per heavy atom. The highest BCUT2D eigenvalue weighted by Gasteiger charge is 2.16. The van der Waals surface area contributed by atoms with E-state index in [1.807, 2.05) is 30.7 Å². The van der Waals surface area contributed by atoms with Crippen molar-refractivity contribution in [1.29, 1.82) is 0 Å². The van der Waals surface area contributed by atoms with Crippen LogP contribution in [-0.4, -0.2) is 24.7 Å². The summed E-state index contributed by atoms with van der Waals surface area (Å²) in [5, 5.41) is 16.2. The molecule has 2 aromatic heterocycles. The molecule has 0 aliphatic carbocycles. The molecule has 0 amide bonds. The van der Waals surface area contributed by atoms with Gasteiger partial charge in [0, 0.05) is 16.8 Å². The minimum Gasteiger partial charge on any atom is -0.329 e. The average Bonchev–Trinajstić information content (AvgIpc) is 3.25. The molecule has 0 saturated carbocycles. The first-order valence-electron chi connectivity index (χ1n) is 10.5. The van der Waals surface area contributed by atoms with Crippen molar-refractivity contribution >= 4 is 56.4 Å². The number of anilines is 2. The van der Waals surface area contributed by atoms with Crippen LogP contribution in [0.1, 0.15) is 28.1 Å². The molecule has 0 radical (unpaired) electrons. The van der Waals surface area contributed by atoms with Crippen molar-refractivity contribution < 1.29 is 4.39 Å². The normalized spacial score (nSPS) is 11.0. The largest absolute Gasteiger partial charge is 0.329 e. The molecule has 2 N–H and O–H groups in total. The van der Waals surface area contributed by atoms with Gasteiger partial charge >= 0.3 is 0 Å². The van der Waals surface area contributed by atoms with Crippen molar-refractivity contribution in [3.8, 4) is 0 Å². The van der Waals surface area contributed by atoms with Gasteiger partial charge in [-0.25, -0.2) is 4.39 Å². The van der Waals surface area contributed by atoms with E-state index in [1.165, 1.54) is 17.2 Å². The van der Waals surface area contributed by atoms with Crippen LogP contribution >= 0.6 is 39.7 Å². The van der Waals surface area contributed by atoms with E-state index < -0.39 is 0 Å². The molecule has 34 heavy (non-hydrogen) atoms. The van der Waals surface area contributed by atoms with Crippen LogP contribution in [0.15, 0.2) is 53.1 Å². The summed E-state index contributed by atoms with van der Waals surface area (Å²) in [5.74, 6) is 0.132. The monoisotopic (exact) mass is 560 g/mol. The van der Waals surface area contributed by atoms with E-state index in [2.05, 4.69) is 55.8 Å². The summed E-state index contributed by atoms with van der Waals surface area (Å²) in [4.78, 5) is 0. The lowest BCUT2D eigenvalue weighted by atomic mass is 10.1. The highest BCUT2D eigenvalue weighted by Crippen LogP contribution is 2.25. The summed E-state index contributed by atoms with van der Waals surface area (Å²) in [5.41, 5.74) is 5.47. The van der Waals surface area contributed by atoms with Crippen molar-refractivity contribution in [2.45, 2.75) is 33.9 Å². The molecule has 0 aliphatic heterocycles. The minimum absolute atomic E-state index is 0.190. The summed E-state index contributed by atoms with van der Waals surface area (Å²) >= 11 is 15.2. The van der Waals surface area contributed by atoms with Gasteiger partial charge in [0.2, 0.25) is 0 Å². The Labute approximate surface area is 216 Å². The van der Waals surface area contributed by atoms with Gasteiger partial charge in [-0.1, -0.05) is 41.9 Å². The Balaban J connectivity index is 1.46. The van der Waals surface area contributed by atoms with Crippen molar-refractivity contribution in [3.05, 3.63) is 92.1 Å². The molecule has 0 unspecified atom stereocenters. The fourth-order valence-corrected chi connectivity index (χ4v) is 4.48. The van der Waals surface area contributed by atoms with Gasteiger partial charge in [-0.2, -0.15) is 10.2 Å². The molecule has 0 bridgehead atoms. The molecule has 2 heterocycles. The molecule has 2 aromatic carbocycles. The first-order chi connectivity index (χ1) is 16.2. The van der Waals surface area contributed by atoms with Crippen LogP contribution in [0.3, 0.4) is 0 Å². The van der Waals surface area contributed by atoms with Crippen LogP contribution in [0.4, 0.5) is 15.9 Å². The van der Waals surface area contributed by atoms with Gasteiger partial charge in [-0.05, 0) is 72.2 Å². The zero-order valence-corrected chi connectivity index (χ0v) is 22.0. The zero-order valence-electron chi connectivity index (χ0n) is 18.9. The highest BCUT2D eigenvalue weighted by atomic mass is 79.9. The molecule has 0 atom stereocenters. The summed E-state index contributed by atoms with van der Waals surface area (Å²) in [7, 11) is 0. The van der Waals surface area contributed by atoms with Crippen molar-refractivity contribution in [3.63, 3.8) is 0 Å². The molecule has 0 spiro atoms. The molecular formula is C24H23BrClFN6S. The van der Waals surface area contributed by atoms with Gasteiger partial charge < -0.3 is 10.6 Å². The zero-order chi connectivity index (χ0) is 24.4. The number of nitrogens with zero attached hydrogens (tertiary/aromatic N) is 4. The van der Waals surface area contributed by atoms with E-state index in [0.29, 0.717) is 32.5 Å². The molecule has 10 heteroatoms. The second-order valence-corrected chi connectivity index (χ2v) is 9.60. The second-order valence-electron chi connectivity index (χ2n) is 7.93. The number of nitrogens with one attached hydrogen (secondary N) is 2. The predicted molar refractivity (Wildman–Crippen MR) is 142 cm³/mol. The van der Waals surface area contributed by atoms with Gasteiger partial charge in [-0.15, -0.1) is 0 Å². The third-order valence-electron chi connectivity index (χ3n) is 5.53. The first-order valence-corrected chi connectivity index (χ1v) is 12.1. The minimum atomic E-state index is -0.375. The first kappa shape index (κ1) is 24.4. The number of halogens is 3. The van der Waals surface area contributed by atoms with Gasteiger partial charge in [-0.3, -0.25) is 9.36 Å². The van der Waals surface area contributed by atoms with Gasteiger partial charge in [0.05, 0.1) is 34.6 Å². The lowest BCUT2D eigenvalue weighted by molar-refractivity contribution is 0.586. The Bertz CT molecular complexity index is 1350. The smallest absolute Gasteiger partial charge is 0.176 e. The fraction of sp³-hybridized carbons (Fsp3) is 0.208. The molecular weight excluding hydrogens is 539 g/mol. The van der Waals surface area contributed by atoms with Crippen molar-refractivity contribution in [2.75, 3.05) is 10.6 Å². The van der Waals surface area contributed by atoms with E-state index in [0.717, 1.165) is 17.1 Å². The third kappa shape index (κ3) is 5.32. The topological polar surface area (TPSA) is 59.7 Å². The number of benzene rings is 2. The molecule has 0 aliphatic rings. The molecule has 176 valence electrons. The number of aromatic nitrogens is 4. The maximum Gasteiger partial charge on any atom is 0.176 e. The Morgan fingerprint density at radius 1 is 1.06 bits per heavy atom. The summed E-state index contributed by atoms with van der Waals surface area (Å²) in [6, 6.07) is 12.9. The maximum absolute atomic E-state index is 14.1. The fourth-order valence-electron chi connectivity index (χ4n) is 3.64. The van der Waals surface area contributed by atoms with Gasteiger partial charge in [0.25, 0.3) is 0 Å². The predicted octanol–water partition coefficient (Wildman–Crippen LogP) is 6.47. The molecule has 4 aromatic rings. The quantitative estimate of drug-likeness (QED) is 0.264. The van der Waals surface area contributed by atoms with Crippen LogP contribution in [-0.2, 0) is 13.1 Å². The lowest BCUT2D eigenvalue weighted by Crippen LogP contribution is -2.20. The summed E-state index contributed by atoms with van der Waals surface area (Å²) < 4.78 is 18.4. The van der Waals surface area contributed by atoms with E-state index in [4.69, 9.17) is 23.8 Å². The molecule has 0 saturated heterocycles. The number of aryl methyl sites for hydroxylation is 2. The number of hydrogen-bond acceptors (Lipinski definition) is 3. The van der Waals surface area contributed by atoms with E-state index in [9.17, 15) is 4.39 Å².